The predicted molar refractivity (Wildman–Crippen MR) is 72.8 cm³/mol. The van der Waals surface area contributed by atoms with E-state index in [1.54, 1.807) is 0 Å². The Morgan fingerprint density at radius 3 is 2.76 bits per heavy atom. The van der Waals surface area contributed by atoms with E-state index in [9.17, 15) is 0 Å². The van der Waals surface area contributed by atoms with Crippen molar-refractivity contribution in [3.05, 3.63) is 54.5 Å². The van der Waals surface area contributed by atoms with Crippen LogP contribution in [0.4, 0.5) is 0 Å². The molecular formula is C16H20O. The minimum absolute atomic E-state index is 0.0415. The number of aryl methyl sites for hydroxylation is 1. The molecule has 1 aromatic rings. The van der Waals surface area contributed by atoms with E-state index in [1.165, 1.54) is 11.1 Å². The Kier molecular flexibility index (Phi) is 2.65. The molecule has 0 bridgehead atoms. The highest BCUT2D eigenvalue weighted by atomic mass is 16.3. The third kappa shape index (κ3) is 1.61. The molecule has 0 saturated heterocycles. The summed E-state index contributed by atoms with van der Waals surface area (Å²) in [7, 11) is 0. The molecule has 1 aliphatic carbocycles. The normalized spacial score (nSPS) is 27.7. The van der Waals surface area contributed by atoms with Crippen LogP contribution in [0, 0.1) is 18.3 Å². The SMILES string of the molecule is C=CC1(C)Cc2occ(C)c2C(=C)C1C(=C)C. The molecule has 2 atom stereocenters. The van der Waals surface area contributed by atoms with Gasteiger partial charge in [0.25, 0.3) is 0 Å². The molecule has 1 heterocycles. The molecule has 0 aliphatic heterocycles. The van der Waals surface area contributed by atoms with E-state index in [0.29, 0.717) is 0 Å². The van der Waals surface area contributed by atoms with Crippen LogP contribution in [0.25, 0.3) is 5.57 Å². The van der Waals surface area contributed by atoms with Crippen LogP contribution in [0.2, 0.25) is 0 Å². The first kappa shape index (κ1) is 12.0. The van der Waals surface area contributed by atoms with Crippen molar-refractivity contribution in [2.45, 2.75) is 27.2 Å². The first-order valence-corrected chi connectivity index (χ1v) is 5.96. The topological polar surface area (TPSA) is 13.1 Å². The summed E-state index contributed by atoms with van der Waals surface area (Å²) in [5.41, 5.74) is 4.58. The highest BCUT2D eigenvalue weighted by Crippen LogP contribution is 2.50. The molecule has 2 rings (SSSR count). The first-order chi connectivity index (χ1) is 7.90. The maximum atomic E-state index is 5.64. The van der Waals surface area contributed by atoms with Gasteiger partial charge in [-0.3, -0.25) is 0 Å². The van der Waals surface area contributed by atoms with E-state index in [2.05, 4.69) is 40.5 Å². The first-order valence-electron chi connectivity index (χ1n) is 5.96. The van der Waals surface area contributed by atoms with Gasteiger partial charge in [0.15, 0.2) is 0 Å². The van der Waals surface area contributed by atoms with Crippen LogP contribution in [0.5, 0.6) is 0 Å². The minimum Gasteiger partial charge on any atom is -0.468 e. The van der Waals surface area contributed by atoms with Crippen molar-refractivity contribution in [2.24, 2.45) is 11.3 Å². The fourth-order valence-corrected chi connectivity index (χ4v) is 3.10. The quantitative estimate of drug-likeness (QED) is 0.677. The Morgan fingerprint density at radius 2 is 2.24 bits per heavy atom. The molecule has 1 aromatic heterocycles. The van der Waals surface area contributed by atoms with Crippen LogP contribution in [0.15, 0.2) is 42.1 Å². The zero-order valence-electron chi connectivity index (χ0n) is 11.0. The van der Waals surface area contributed by atoms with Gasteiger partial charge < -0.3 is 4.42 Å². The number of fused-ring (bicyclic) bond motifs is 1. The van der Waals surface area contributed by atoms with Crippen molar-refractivity contribution in [1.29, 1.82) is 0 Å². The van der Waals surface area contributed by atoms with Crippen LogP contribution in [0.1, 0.15) is 30.7 Å². The average molecular weight is 228 g/mol. The lowest BCUT2D eigenvalue weighted by atomic mass is 9.63. The highest BCUT2D eigenvalue weighted by Gasteiger charge is 2.41. The number of hydrogen-bond donors (Lipinski definition) is 0. The molecule has 0 fully saturated rings. The summed E-state index contributed by atoms with van der Waals surface area (Å²) in [4.78, 5) is 0. The third-order valence-electron chi connectivity index (χ3n) is 3.88. The lowest BCUT2D eigenvalue weighted by Crippen LogP contribution is -2.33. The van der Waals surface area contributed by atoms with Crippen LogP contribution in [-0.4, -0.2) is 0 Å². The smallest absolute Gasteiger partial charge is 0.112 e. The Balaban J connectivity index is 2.62. The van der Waals surface area contributed by atoms with Crippen molar-refractivity contribution in [1.82, 2.24) is 0 Å². The molecule has 1 heteroatoms. The van der Waals surface area contributed by atoms with Crippen LogP contribution in [0.3, 0.4) is 0 Å². The van der Waals surface area contributed by atoms with Gasteiger partial charge in [-0.25, -0.2) is 0 Å². The van der Waals surface area contributed by atoms with E-state index in [4.69, 9.17) is 4.42 Å². The zero-order valence-corrected chi connectivity index (χ0v) is 11.0. The summed E-state index contributed by atoms with van der Waals surface area (Å²) in [6.45, 7) is 18.7. The fourth-order valence-electron chi connectivity index (χ4n) is 3.10. The Morgan fingerprint density at radius 1 is 1.59 bits per heavy atom. The largest absolute Gasteiger partial charge is 0.468 e. The predicted octanol–water partition coefficient (Wildman–Crippen LogP) is 4.54. The van der Waals surface area contributed by atoms with Crippen LogP contribution < -0.4 is 0 Å². The maximum Gasteiger partial charge on any atom is 0.112 e. The number of furan rings is 1. The van der Waals surface area contributed by atoms with Crippen LogP contribution in [-0.2, 0) is 6.42 Å². The van der Waals surface area contributed by atoms with Crippen molar-refractivity contribution < 1.29 is 4.42 Å². The molecule has 0 spiro atoms. The second-order valence-electron chi connectivity index (χ2n) is 5.41. The molecule has 90 valence electrons. The van der Waals surface area contributed by atoms with E-state index >= 15 is 0 Å². The molecule has 0 radical (unpaired) electrons. The number of hydrogen-bond acceptors (Lipinski definition) is 1. The van der Waals surface area contributed by atoms with Gasteiger partial charge in [0.2, 0.25) is 0 Å². The minimum atomic E-state index is -0.0415. The summed E-state index contributed by atoms with van der Waals surface area (Å²) < 4.78 is 5.64. The molecule has 2 unspecified atom stereocenters. The van der Waals surface area contributed by atoms with E-state index < -0.39 is 0 Å². The summed E-state index contributed by atoms with van der Waals surface area (Å²) in [6, 6.07) is 0. The van der Waals surface area contributed by atoms with Gasteiger partial charge >= 0.3 is 0 Å². The van der Waals surface area contributed by atoms with Crippen molar-refractivity contribution in [2.75, 3.05) is 0 Å². The number of allylic oxidation sites excluding steroid dienone is 3. The third-order valence-corrected chi connectivity index (χ3v) is 3.88. The van der Waals surface area contributed by atoms with Crippen molar-refractivity contribution >= 4 is 5.57 Å². The Bertz CT molecular complexity index is 504. The van der Waals surface area contributed by atoms with Gasteiger partial charge in [-0.1, -0.05) is 31.7 Å². The molecular weight excluding hydrogens is 208 g/mol. The van der Waals surface area contributed by atoms with Gasteiger partial charge in [-0.05, 0) is 25.0 Å². The van der Waals surface area contributed by atoms with Gasteiger partial charge in [0.1, 0.15) is 5.76 Å². The van der Waals surface area contributed by atoms with Crippen molar-refractivity contribution in [3.8, 4) is 0 Å². The summed E-state index contributed by atoms with van der Waals surface area (Å²) >= 11 is 0. The number of rotatable bonds is 2. The van der Waals surface area contributed by atoms with Crippen molar-refractivity contribution in [3.63, 3.8) is 0 Å². The van der Waals surface area contributed by atoms with Gasteiger partial charge in [-0.15, -0.1) is 6.58 Å². The highest BCUT2D eigenvalue weighted by molar-refractivity contribution is 5.74. The molecule has 0 aromatic carbocycles. The second-order valence-corrected chi connectivity index (χ2v) is 5.41. The standard InChI is InChI=1S/C16H20O/c1-7-16(6)8-13-14(11(4)9-17-13)12(5)15(16)10(2)3/h7,9,15H,1-2,5,8H2,3-4,6H3. The molecule has 0 amide bonds. The summed E-state index contributed by atoms with van der Waals surface area (Å²) in [5, 5.41) is 0. The average Bonchev–Trinajstić information content (AvgIpc) is 2.59. The molecule has 17 heavy (non-hydrogen) atoms. The van der Waals surface area contributed by atoms with E-state index in [-0.39, 0.29) is 11.3 Å². The zero-order chi connectivity index (χ0) is 12.8. The summed E-state index contributed by atoms with van der Waals surface area (Å²) in [5.74, 6) is 1.29. The fraction of sp³-hybridized carbons (Fsp3) is 0.375. The van der Waals surface area contributed by atoms with Gasteiger partial charge in [-0.2, -0.15) is 0 Å². The molecule has 1 nitrogen and oxygen atoms in total. The van der Waals surface area contributed by atoms with Gasteiger partial charge in [0, 0.05) is 23.3 Å². The molecule has 0 N–H and O–H groups in total. The van der Waals surface area contributed by atoms with Crippen LogP contribution >= 0.6 is 0 Å². The maximum absolute atomic E-state index is 5.64. The van der Waals surface area contributed by atoms with E-state index in [1.807, 2.05) is 12.3 Å². The van der Waals surface area contributed by atoms with Gasteiger partial charge in [0.05, 0.1) is 6.26 Å². The lowest BCUT2D eigenvalue weighted by molar-refractivity contribution is 0.309. The Hall–Kier alpha value is -1.50. The monoisotopic (exact) mass is 228 g/mol. The molecule has 1 aliphatic rings. The second kappa shape index (κ2) is 3.76. The molecule has 0 saturated carbocycles. The summed E-state index contributed by atoms with van der Waals surface area (Å²) in [6.07, 6.45) is 4.70. The lowest BCUT2D eigenvalue weighted by Gasteiger charge is -2.40. The Labute approximate surface area is 104 Å². The van der Waals surface area contributed by atoms with E-state index in [0.717, 1.165) is 23.3 Å².